The van der Waals surface area contributed by atoms with Crippen LogP contribution in [0.3, 0.4) is 0 Å². The Morgan fingerprint density at radius 1 is 1.11 bits per heavy atom. The molecule has 0 heterocycles. The maximum absolute atomic E-state index is 13.0. The zero-order chi connectivity index (χ0) is 13.8. The molecule has 0 saturated carbocycles. The Kier molecular flexibility index (Phi) is 4.10. The van der Waals surface area contributed by atoms with Gasteiger partial charge in [0.25, 0.3) is 0 Å². The number of halogens is 1. The molecule has 0 radical (unpaired) electrons. The molecular weight excluding hydrogens is 239 g/mol. The minimum atomic E-state index is -0.276. The van der Waals surface area contributed by atoms with E-state index in [2.05, 4.69) is 0 Å². The topological polar surface area (TPSA) is 17.1 Å². The monoisotopic (exact) mass is 256 g/mol. The lowest BCUT2D eigenvalue weighted by Crippen LogP contribution is -2.13. The fourth-order valence-electron chi connectivity index (χ4n) is 2.30. The van der Waals surface area contributed by atoms with Crippen molar-refractivity contribution in [3.8, 4) is 0 Å². The van der Waals surface area contributed by atoms with Crippen LogP contribution in [0.25, 0.3) is 0 Å². The van der Waals surface area contributed by atoms with Gasteiger partial charge < -0.3 is 0 Å². The summed E-state index contributed by atoms with van der Waals surface area (Å²) in [4.78, 5) is 12.6. The number of aryl methyl sites for hydroxylation is 1. The molecule has 0 aromatic heterocycles. The van der Waals surface area contributed by atoms with Gasteiger partial charge in [0.1, 0.15) is 5.82 Å². The van der Waals surface area contributed by atoms with E-state index in [1.807, 2.05) is 38.1 Å². The second-order valence-electron chi connectivity index (χ2n) is 4.69. The zero-order valence-electron chi connectivity index (χ0n) is 11.2. The van der Waals surface area contributed by atoms with E-state index in [1.54, 1.807) is 12.1 Å². The number of ketones is 1. The highest BCUT2D eigenvalue weighted by Crippen LogP contribution is 2.25. The first-order valence-corrected chi connectivity index (χ1v) is 6.48. The Labute approximate surface area is 113 Å². The van der Waals surface area contributed by atoms with Gasteiger partial charge in [0, 0.05) is 11.5 Å². The summed E-state index contributed by atoms with van der Waals surface area (Å²) in [5.74, 6) is -0.379. The van der Waals surface area contributed by atoms with Crippen LogP contribution < -0.4 is 0 Å². The molecule has 0 saturated heterocycles. The summed E-state index contributed by atoms with van der Waals surface area (Å²) in [6, 6.07) is 13.8. The average molecular weight is 256 g/mol. The summed E-state index contributed by atoms with van der Waals surface area (Å²) in [6.45, 7) is 3.91. The van der Waals surface area contributed by atoms with E-state index in [-0.39, 0.29) is 17.5 Å². The Balaban J connectivity index is 2.35. The van der Waals surface area contributed by atoms with Crippen molar-refractivity contribution in [1.29, 1.82) is 0 Å². The summed E-state index contributed by atoms with van der Waals surface area (Å²) < 4.78 is 13.0. The van der Waals surface area contributed by atoms with Crippen LogP contribution in [0.1, 0.15) is 40.7 Å². The molecule has 2 heteroatoms. The number of Topliss-reactive ketones (excluding diaryl/α,β-unsaturated/α-hetero) is 1. The first kappa shape index (κ1) is 13.5. The lowest BCUT2D eigenvalue weighted by molar-refractivity contribution is 0.0956. The Bertz CT molecular complexity index is 572. The normalized spacial score (nSPS) is 12.2. The van der Waals surface area contributed by atoms with Crippen LogP contribution in [-0.4, -0.2) is 5.78 Å². The molecule has 0 spiro atoms. The van der Waals surface area contributed by atoms with Crippen molar-refractivity contribution in [2.75, 3.05) is 0 Å². The number of hydrogen-bond acceptors (Lipinski definition) is 1. The van der Waals surface area contributed by atoms with E-state index in [0.29, 0.717) is 6.42 Å². The van der Waals surface area contributed by atoms with E-state index in [0.717, 1.165) is 16.7 Å². The van der Waals surface area contributed by atoms with E-state index in [1.165, 1.54) is 12.1 Å². The van der Waals surface area contributed by atoms with Crippen LogP contribution in [-0.2, 0) is 0 Å². The van der Waals surface area contributed by atoms with Gasteiger partial charge in [-0.25, -0.2) is 4.39 Å². The summed E-state index contributed by atoms with van der Waals surface area (Å²) in [6.07, 6.45) is 0.707. The lowest BCUT2D eigenvalue weighted by atomic mass is 9.87. The fourth-order valence-corrected chi connectivity index (χ4v) is 2.30. The van der Waals surface area contributed by atoms with E-state index >= 15 is 0 Å². The maximum atomic E-state index is 13.0. The van der Waals surface area contributed by atoms with E-state index in [9.17, 15) is 9.18 Å². The molecule has 0 aliphatic carbocycles. The van der Waals surface area contributed by atoms with Crippen LogP contribution in [0.5, 0.6) is 0 Å². The molecule has 0 aliphatic heterocycles. The van der Waals surface area contributed by atoms with Crippen molar-refractivity contribution in [1.82, 2.24) is 0 Å². The highest BCUT2D eigenvalue weighted by molar-refractivity contribution is 6.02. The van der Waals surface area contributed by atoms with Crippen molar-refractivity contribution in [3.63, 3.8) is 0 Å². The van der Waals surface area contributed by atoms with Crippen molar-refractivity contribution in [2.24, 2.45) is 0 Å². The smallest absolute Gasteiger partial charge is 0.170 e. The van der Waals surface area contributed by atoms with Gasteiger partial charge in [0.05, 0.1) is 0 Å². The number of hydrogen-bond donors (Lipinski definition) is 0. The first-order valence-electron chi connectivity index (χ1n) is 6.48. The summed E-state index contributed by atoms with van der Waals surface area (Å²) in [5, 5.41) is 0. The molecule has 0 bridgehead atoms. The summed E-state index contributed by atoms with van der Waals surface area (Å²) in [7, 11) is 0. The number of rotatable bonds is 4. The second-order valence-corrected chi connectivity index (χ2v) is 4.69. The molecule has 2 aromatic rings. The van der Waals surface area contributed by atoms with Crippen molar-refractivity contribution in [3.05, 3.63) is 71.0 Å². The molecule has 0 fully saturated rings. The molecular formula is C17H17FO. The van der Waals surface area contributed by atoms with Gasteiger partial charge in [0.15, 0.2) is 5.78 Å². The van der Waals surface area contributed by atoms with Gasteiger partial charge >= 0.3 is 0 Å². The van der Waals surface area contributed by atoms with Crippen LogP contribution >= 0.6 is 0 Å². The third-order valence-electron chi connectivity index (χ3n) is 3.41. The molecule has 0 N–H and O–H groups in total. The van der Waals surface area contributed by atoms with Crippen LogP contribution in [0.2, 0.25) is 0 Å². The molecule has 0 amide bonds. The minimum Gasteiger partial charge on any atom is -0.293 e. The standard InChI is InChI=1S/C17H17FO/c1-3-15(13-8-10-14(18)11-9-13)17(19)16-7-5-4-6-12(16)2/h4-11,15H,3H2,1-2H3. The predicted molar refractivity (Wildman–Crippen MR) is 74.9 cm³/mol. The zero-order valence-corrected chi connectivity index (χ0v) is 11.2. The van der Waals surface area contributed by atoms with Gasteiger partial charge in [-0.2, -0.15) is 0 Å². The third-order valence-corrected chi connectivity index (χ3v) is 3.41. The minimum absolute atomic E-state index is 0.104. The second kappa shape index (κ2) is 5.79. The van der Waals surface area contributed by atoms with Crippen molar-refractivity contribution < 1.29 is 9.18 Å². The average Bonchev–Trinajstić information content (AvgIpc) is 2.42. The highest BCUT2D eigenvalue weighted by atomic mass is 19.1. The quantitative estimate of drug-likeness (QED) is 0.735. The van der Waals surface area contributed by atoms with Gasteiger partial charge in [0.2, 0.25) is 0 Å². The SMILES string of the molecule is CCC(C(=O)c1ccccc1C)c1ccc(F)cc1. The molecule has 1 unspecified atom stereocenters. The van der Waals surface area contributed by atoms with Crippen LogP contribution in [0.4, 0.5) is 4.39 Å². The molecule has 19 heavy (non-hydrogen) atoms. The van der Waals surface area contributed by atoms with Gasteiger partial charge in [-0.1, -0.05) is 43.3 Å². The summed E-state index contributed by atoms with van der Waals surface area (Å²) >= 11 is 0. The largest absolute Gasteiger partial charge is 0.293 e. The lowest BCUT2D eigenvalue weighted by Gasteiger charge is -2.15. The number of carbonyl (C=O) groups is 1. The number of benzene rings is 2. The molecule has 0 aliphatic rings. The highest BCUT2D eigenvalue weighted by Gasteiger charge is 2.21. The maximum Gasteiger partial charge on any atom is 0.170 e. The summed E-state index contributed by atoms with van der Waals surface area (Å²) in [5.41, 5.74) is 2.60. The van der Waals surface area contributed by atoms with E-state index < -0.39 is 0 Å². The molecule has 2 rings (SSSR count). The van der Waals surface area contributed by atoms with Crippen LogP contribution in [0.15, 0.2) is 48.5 Å². The van der Waals surface area contributed by atoms with Gasteiger partial charge in [-0.3, -0.25) is 4.79 Å². The first-order chi connectivity index (χ1) is 9.13. The molecule has 1 atom stereocenters. The van der Waals surface area contributed by atoms with Gasteiger partial charge in [-0.15, -0.1) is 0 Å². The molecule has 98 valence electrons. The predicted octanol–water partition coefficient (Wildman–Crippen LogP) is 4.51. The molecule has 1 nitrogen and oxygen atoms in total. The molecule has 2 aromatic carbocycles. The Morgan fingerprint density at radius 2 is 1.74 bits per heavy atom. The Morgan fingerprint density at radius 3 is 2.32 bits per heavy atom. The third kappa shape index (κ3) is 2.90. The fraction of sp³-hybridized carbons (Fsp3) is 0.235. The Hall–Kier alpha value is -1.96. The van der Waals surface area contributed by atoms with Gasteiger partial charge in [-0.05, 0) is 36.6 Å². The van der Waals surface area contributed by atoms with Crippen LogP contribution in [0, 0.1) is 12.7 Å². The van der Waals surface area contributed by atoms with E-state index in [4.69, 9.17) is 0 Å². The number of carbonyl (C=O) groups excluding carboxylic acids is 1. The van der Waals surface area contributed by atoms with Crippen molar-refractivity contribution in [2.45, 2.75) is 26.2 Å². The van der Waals surface area contributed by atoms with Crippen molar-refractivity contribution >= 4 is 5.78 Å².